The number of aryl methyl sites for hydroxylation is 1. The molecular formula is C23H21FN2O4. The van der Waals surface area contributed by atoms with Crippen LogP contribution in [0.1, 0.15) is 24.6 Å². The summed E-state index contributed by atoms with van der Waals surface area (Å²) in [5.41, 5.74) is 3.04. The van der Waals surface area contributed by atoms with Gasteiger partial charge in [-0.05, 0) is 48.4 Å². The Kier molecular flexibility index (Phi) is 5.61. The fourth-order valence-corrected chi connectivity index (χ4v) is 3.39. The maximum absolute atomic E-state index is 13.0. The molecule has 1 unspecified atom stereocenters. The normalized spacial score (nSPS) is 16.1. The number of hydrogen-bond acceptors (Lipinski definition) is 5. The molecule has 154 valence electrons. The SMILES string of the molecule is CCc1ccc(N2CC(C(=O)OCc3coc(-c4ccc(F)cc4)n3)CC2=O)cc1. The number of amides is 1. The highest BCUT2D eigenvalue weighted by atomic mass is 19.1. The fourth-order valence-electron chi connectivity index (χ4n) is 3.39. The van der Waals surface area contributed by atoms with Gasteiger partial charge >= 0.3 is 5.97 Å². The van der Waals surface area contributed by atoms with Gasteiger partial charge < -0.3 is 14.1 Å². The van der Waals surface area contributed by atoms with Crippen LogP contribution in [-0.2, 0) is 27.4 Å². The van der Waals surface area contributed by atoms with Crippen molar-refractivity contribution in [1.29, 1.82) is 0 Å². The van der Waals surface area contributed by atoms with E-state index in [-0.39, 0.29) is 24.8 Å². The first kappa shape index (κ1) is 19.8. The number of nitrogens with zero attached hydrogens (tertiary/aromatic N) is 2. The highest BCUT2D eigenvalue weighted by Crippen LogP contribution is 2.27. The van der Waals surface area contributed by atoms with Gasteiger partial charge in [-0.3, -0.25) is 9.59 Å². The molecule has 1 fully saturated rings. The van der Waals surface area contributed by atoms with Crippen LogP contribution in [0.15, 0.2) is 59.2 Å². The first-order valence-corrected chi connectivity index (χ1v) is 9.79. The van der Waals surface area contributed by atoms with Crippen molar-refractivity contribution >= 4 is 17.6 Å². The molecule has 1 aromatic heterocycles. The molecule has 2 aromatic carbocycles. The second-order valence-corrected chi connectivity index (χ2v) is 7.18. The van der Waals surface area contributed by atoms with Crippen molar-refractivity contribution in [3.05, 3.63) is 71.9 Å². The first-order chi connectivity index (χ1) is 14.5. The molecule has 1 aliphatic rings. The lowest BCUT2D eigenvalue weighted by Gasteiger charge is -2.16. The summed E-state index contributed by atoms with van der Waals surface area (Å²) in [7, 11) is 0. The second-order valence-electron chi connectivity index (χ2n) is 7.18. The molecule has 7 heteroatoms. The molecule has 0 N–H and O–H groups in total. The first-order valence-electron chi connectivity index (χ1n) is 9.79. The minimum atomic E-state index is -0.521. The predicted molar refractivity (Wildman–Crippen MR) is 108 cm³/mol. The number of aromatic nitrogens is 1. The van der Waals surface area contributed by atoms with E-state index in [0.717, 1.165) is 12.1 Å². The third kappa shape index (κ3) is 4.25. The Morgan fingerprint density at radius 3 is 2.63 bits per heavy atom. The Hall–Kier alpha value is -3.48. The summed E-state index contributed by atoms with van der Waals surface area (Å²) in [5, 5.41) is 0. The van der Waals surface area contributed by atoms with Crippen LogP contribution >= 0.6 is 0 Å². The largest absolute Gasteiger partial charge is 0.459 e. The van der Waals surface area contributed by atoms with Crippen molar-refractivity contribution in [2.24, 2.45) is 5.92 Å². The van der Waals surface area contributed by atoms with Gasteiger partial charge in [0.2, 0.25) is 11.8 Å². The molecule has 1 amide bonds. The number of rotatable bonds is 6. The van der Waals surface area contributed by atoms with E-state index in [2.05, 4.69) is 11.9 Å². The molecule has 30 heavy (non-hydrogen) atoms. The molecule has 3 aromatic rings. The Morgan fingerprint density at radius 2 is 1.93 bits per heavy atom. The van der Waals surface area contributed by atoms with E-state index in [1.54, 1.807) is 17.0 Å². The van der Waals surface area contributed by atoms with Crippen molar-refractivity contribution in [3.8, 4) is 11.5 Å². The molecule has 4 rings (SSSR count). The van der Waals surface area contributed by atoms with Gasteiger partial charge in [0, 0.05) is 24.2 Å². The number of esters is 1. The van der Waals surface area contributed by atoms with Gasteiger partial charge in [0.05, 0.1) is 5.92 Å². The zero-order valence-electron chi connectivity index (χ0n) is 16.5. The third-order valence-electron chi connectivity index (χ3n) is 5.12. The standard InChI is InChI=1S/C23H21FN2O4/c1-2-15-3-9-20(10-4-15)26-12-17(11-21(26)27)23(28)30-14-19-13-29-22(25-19)16-5-7-18(24)8-6-16/h3-10,13,17H,2,11-12,14H2,1H3. The quantitative estimate of drug-likeness (QED) is 0.573. The smallest absolute Gasteiger partial charge is 0.311 e. The van der Waals surface area contributed by atoms with Crippen molar-refractivity contribution in [3.63, 3.8) is 0 Å². The molecule has 1 aliphatic heterocycles. The number of halogens is 1. The molecule has 0 bridgehead atoms. The van der Waals surface area contributed by atoms with Crippen LogP contribution in [0.25, 0.3) is 11.5 Å². The van der Waals surface area contributed by atoms with E-state index in [9.17, 15) is 14.0 Å². The van der Waals surface area contributed by atoms with Crippen LogP contribution in [0, 0.1) is 11.7 Å². The summed E-state index contributed by atoms with van der Waals surface area (Å²) in [4.78, 5) is 30.7. The maximum Gasteiger partial charge on any atom is 0.311 e. The minimum Gasteiger partial charge on any atom is -0.459 e. The zero-order chi connectivity index (χ0) is 21.1. The van der Waals surface area contributed by atoms with E-state index in [4.69, 9.17) is 9.15 Å². The summed E-state index contributed by atoms with van der Waals surface area (Å²) in [5.74, 6) is -1.09. The van der Waals surface area contributed by atoms with Gasteiger partial charge in [-0.1, -0.05) is 19.1 Å². The van der Waals surface area contributed by atoms with Crippen molar-refractivity contribution in [2.45, 2.75) is 26.4 Å². The van der Waals surface area contributed by atoms with Crippen molar-refractivity contribution in [1.82, 2.24) is 4.98 Å². The topological polar surface area (TPSA) is 72.6 Å². The van der Waals surface area contributed by atoms with E-state index in [1.165, 1.54) is 24.0 Å². The molecular weight excluding hydrogens is 387 g/mol. The molecule has 1 saturated heterocycles. The predicted octanol–water partition coefficient (Wildman–Crippen LogP) is 4.14. The Balaban J connectivity index is 1.34. The van der Waals surface area contributed by atoms with Crippen LogP contribution in [0.5, 0.6) is 0 Å². The van der Waals surface area contributed by atoms with Crippen molar-refractivity contribution in [2.75, 3.05) is 11.4 Å². The lowest BCUT2D eigenvalue weighted by molar-refractivity contribution is -0.149. The number of hydrogen-bond donors (Lipinski definition) is 0. The van der Waals surface area contributed by atoms with Gasteiger partial charge in [-0.25, -0.2) is 9.37 Å². The Morgan fingerprint density at radius 1 is 1.20 bits per heavy atom. The summed E-state index contributed by atoms with van der Waals surface area (Å²) in [6.07, 6.45) is 2.44. The Labute approximate surface area is 173 Å². The number of benzene rings is 2. The second kappa shape index (κ2) is 8.49. The molecule has 0 radical (unpaired) electrons. The monoisotopic (exact) mass is 408 g/mol. The van der Waals surface area contributed by atoms with Crippen LogP contribution in [0.2, 0.25) is 0 Å². The minimum absolute atomic E-state index is 0.0561. The lowest BCUT2D eigenvalue weighted by Crippen LogP contribution is -2.26. The molecule has 0 aliphatic carbocycles. The maximum atomic E-state index is 13.0. The van der Waals surface area contributed by atoms with Crippen LogP contribution in [0.4, 0.5) is 10.1 Å². The number of oxazole rings is 1. The van der Waals surface area contributed by atoms with Crippen LogP contribution in [-0.4, -0.2) is 23.4 Å². The number of carbonyl (C=O) groups is 2. The van der Waals surface area contributed by atoms with Crippen LogP contribution < -0.4 is 4.90 Å². The lowest BCUT2D eigenvalue weighted by atomic mass is 10.1. The zero-order valence-corrected chi connectivity index (χ0v) is 16.5. The van der Waals surface area contributed by atoms with E-state index in [0.29, 0.717) is 23.7 Å². The summed E-state index contributed by atoms with van der Waals surface area (Å²) in [6, 6.07) is 13.5. The van der Waals surface area contributed by atoms with Crippen LogP contribution in [0.3, 0.4) is 0 Å². The van der Waals surface area contributed by atoms with Gasteiger partial charge in [0.25, 0.3) is 0 Å². The number of ether oxygens (including phenoxy) is 1. The summed E-state index contributed by atoms with van der Waals surface area (Å²) in [6.45, 7) is 2.31. The number of carbonyl (C=O) groups excluding carboxylic acids is 2. The van der Waals surface area contributed by atoms with Gasteiger partial charge in [0.15, 0.2) is 0 Å². The van der Waals surface area contributed by atoms with Gasteiger partial charge in [-0.2, -0.15) is 0 Å². The highest BCUT2D eigenvalue weighted by Gasteiger charge is 2.36. The molecule has 1 atom stereocenters. The van der Waals surface area contributed by atoms with E-state index >= 15 is 0 Å². The molecule has 0 spiro atoms. The summed E-state index contributed by atoms with van der Waals surface area (Å²) < 4.78 is 23.7. The fraction of sp³-hybridized carbons (Fsp3) is 0.261. The Bertz CT molecular complexity index is 1040. The summed E-state index contributed by atoms with van der Waals surface area (Å²) >= 11 is 0. The van der Waals surface area contributed by atoms with E-state index in [1.807, 2.05) is 24.3 Å². The number of anilines is 1. The molecule has 2 heterocycles. The molecule has 6 nitrogen and oxygen atoms in total. The third-order valence-corrected chi connectivity index (χ3v) is 5.12. The highest BCUT2D eigenvalue weighted by molar-refractivity contribution is 5.99. The van der Waals surface area contributed by atoms with Gasteiger partial charge in [0.1, 0.15) is 24.4 Å². The average molecular weight is 408 g/mol. The van der Waals surface area contributed by atoms with E-state index < -0.39 is 11.9 Å². The van der Waals surface area contributed by atoms with Gasteiger partial charge in [-0.15, -0.1) is 0 Å². The average Bonchev–Trinajstić information content (AvgIpc) is 3.39. The molecule has 0 saturated carbocycles. The van der Waals surface area contributed by atoms with Crippen molar-refractivity contribution < 1.29 is 23.1 Å².